The molecule has 0 rings (SSSR count). The predicted molar refractivity (Wildman–Crippen MR) is 133 cm³/mol. The molecular formula is C22H51F2NOSi3. The van der Waals surface area contributed by atoms with E-state index in [9.17, 15) is 0 Å². The molecule has 0 aliphatic heterocycles. The van der Waals surface area contributed by atoms with E-state index < -0.39 is 35.8 Å². The Bertz CT molecular complexity index is 516. The van der Waals surface area contributed by atoms with Crippen LogP contribution in [-0.2, 0) is 4.12 Å². The van der Waals surface area contributed by atoms with E-state index in [-0.39, 0.29) is 21.2 Å². The van der Waals surface area contributed by atoms with Gasteiger partial charge in [0.15, 0.2) is 0 Å². The molecule has 0 heterocycles. The van der Waals surface area contributed by atoms with E-state index >= 15 is 8.22 Å². The lowest BCUT2D eigenvalue weighted by Gasteiger charge is -2.59. The van der Waals surface area contributed by atoms with Gasteiger partial charge in [-0.25, -0.2) is 0 Å². The number of hydrogen-bond donors (Lipinski definition) is 1. The molecule has 0 radical (unpaired) electrons. The van der Waals surface area contributed by atoms with E-state index in [0.29, 0.717) is 0 Å². The van der Waals surface area contributed by atoms with Gasteiger partial charge in [0.2, 0.25) is 0 Å². The van der Waals surface area contributed by atoms with Crippen molar-refractivity contribution in [1.29, 1.82) is 0 Å². The first kappa shape index (κ1) is 29.4. The van der Waals surface area contributed by atoms with Crippen LogP contribution in [0.15, 0.2) is 0 Å². The molecular weight excluding hydrogens is 417 g/mol. The molecule has 7 heteroatoms. The summed E-state index contributed by atoms with van der Waals surface area (Å²) in [7, 11) is -10.4. The summed E-state index contributed by atoms with van der Waals surface area (Å²) in [4.78, 5) is 0. The van der Waals surface area contributed by atoms with Crippen molar-refractivity contribution in [3.8, 4) is 0 Å². The zero-order chi connectivity index (χ0) is 24.1. The molecule has 0 spiro atoms. The predicted octanol–water partition coefficient (Wildman–Crippen LogP) is 8.88. The Kier molecular flexibility index (Phi) is 8.54. The Morgan fingerprint density at radius 2 is 0.862 bits per heavy atom. The van der Waals surface area contributed by atoms with Gasteiger partial charge in [-0.3, -0.25) is 8.22 Å². The number of nitrogens with one attached hydrogen (secondary N) is 1. The van der Waals surface area contributed by atoms with Crippen LogP contribution in [0.4, 0.5) is 8.22 Å². The molecule has 0 saturated carbocycles. The summed E-state index contributed by atoms with van der Waals surface area (Å²) in [6, 6.07) is 0. The molecule has 0 aliphatic rings. The lowest BCUT2D eigenvalue weighted by molar-refractivity contribution is 0.299. The Morgan fingerprint density at radius 3 is 1.03 bits per heavy atom. The van der Waals surface area contributed by atoms with Crippen LogP contribution < -0.4 is 4.65 Å². The van der Waals surface area contributed by atoms with Crippen LogP contribution in [0.5, 0.6) is 0 Å². The van der Waals surface area contributed by atoms with E-state index in [2.05, 4.69) is 46.2 Å². The van der Waals surface area contributed by atoms with Gasteiger partial charge in [-0.1, -0.05) is 111 Å². The smallest absolute Gasteiger partial charge is 0.385 e. The fourth-order valence-electron chi connectivity index (χ4n) is 4.70. The number of hydrogen-bond acceptors (Lipinski definition) is 2. The Balaban J connectivity index is 7.10. The van der Waals surface area contributed by atoms with Crippen molar-refractivity contribution in [3.05, 3.63) is 0 Å². The van der Waals surface area contributed by atoms with Crippen molar-refractivity contribution in [3.63, 3.8) is 0 Å². The minimum absolute atomic E-state index is 0.123. The molecule has 29 heavy (non-hydrogen) atoms. The maximum atomic E-state index is 17.1. The third-order valence-electron chi connectivity index (χ3n) is 6.38. The second-order valence-corrected chi connectivity index (χ2v) is 27.8. The molecule has 0 saturated heterocycles. The third-order valence-corrected chi connectivity index (χ3v) is 23.1. The highest BCUT2D eigenvalue weighted by atomic mass is 28.5. The monoisotopic (exact) mass is 467 g/mol. The van der Waals surface area contributed by atoms with Gasteiger partial charge in [0.25, 0.3) is 8.48 Å². The highest BCUT2D eigenvalue weighted by molar-refractivity contribution is 6.95. The molecule has 0 aromatic carbocycles. The summed E-state index contributed by atoms with van der Waals surface area (Å²) < 4.78 is 44.4. The van der Waals surface area contributed by atoms with Gasteiger partial charge < -0.3 is 8.76 Å². The zero-order valence-corrected chi connectivity index (χ0v) is 25.3. The van der Waals surface area contributed by atoms with E-state index in [1.807, 2.05) is 69.2 Å². The SMILES string of the molecule is CC(C)[Si](F)(N[Si](O[Si](F)(C(C)(C)C)C(C)(C)C)(C(C)(C)C)C(C)(C)C)C(C)C. The molecule has 0 amide bonds. The Morgan fingerprint density at radius 1 is 0.586 bits per heavy atom. The van der Waals surface area contributed by atoms with E-state index in [4.69, 9.17) is 4.12 Å². The van der Waals surface area contributed by atoms with Crippen molar-refractivity contribution in [1.82, 2.24) is 4.65 Å². The summed E-state index contributed by atoms with van der Waals surface area (Å²) in [6.07, 6.45) is 0. The average Bonchev–Trinajstić information content (AvgIpc) is 2.40. The standard InChI is InChI=1S/C22H51F2NOSi3/c1-17(2)27(23,18(3)4)25-29(21(11,12)13,22(14,15)16)26-28(24,19(5,6)7)20(8,9)10/h17-18,25H,1-16H3. The summed E-state index contributed by atoms with van der Waals surface area (Å²) in [5, 5.41) is -2.03. The first-order valence-corrected chi connectivity index (χ1v) is 16.9. The fourth-order valence-corrected chi connectivity index (χ4v) is 25.3. The van der Waals surface area contributed by atoms with Crippen molar-refractivity contribution >= 4 is 25.7 Å². The third kappa shape index (κ3) is 5.44. The van der Waals surface area contributed by atoms with E-state index in [1.54, 1.807) is 0 Å². The van der Waals surface area contributed by atoms with Gasteiger partial charge in [-0.05, 0) is 21.2 Å². The van der Waals surface area contributed by atoms with E-state index in [0.717, 1.165) is 0 Å². The molecule has 1 N–H and O–H groups in total. The van der Waals surface area contributed by atoms with Crippen LogP contribution in [0.2, 0.25) is 31.2 Å². The summed E-state index contributed by atoms with van der Waals surface area (Å²) in [6.45, 7) is 32.1. The quantitative estimate of drug-likeness (QED) is 0.311. The zero-order valence-electron chi connectivity index (χ0n) is 22.3. The van der Waals surface area contributed by atoms with Crippen LogP contribution in [-0.4, -0.2) is 25.7 Å². The van der Waals surface area contributed by atoms with Crippen molar-refractivity contribution in [2.75, 3.05) is 0 Å². The summed E-state index contributed by atoms with van der Waals surface area (Å²) in [5.74, 6) is 0. The topological polar surface area (TPSA) is 21.3 Å². The van der Waals surface area contributed by atoms with Gasteiger partial charge in [-0.2, -0.15) is 0 Å². The fraction of sp³-hybridized carbons (Fsp3) is 1.00. The first-order chi connectivity index (χ1) is 12.3. The Labute approximate surface area is 184 Å². The van der Waals surface area contributed by atoms with Crippen molar-refractivity contribution in [2.45, 2.75) is 142 Å². The van der Waals surface area contributed by atoms with Gasteiger partial charge in [0.05, 0.1) is 0 Å². The lowest BCUT2D eigenvalue weighted by Crippen LogP contribution is -2.77. The minimum atomic E-state index is -3.82. The summed E-state index contributed by atoms with van der Waals surface area (Å²) >= 11 is 0. The van der Waals surface area contributed by atoms with Gasteiger partial charge in [-0.15, -0.1) is 0 Å². The summed E-state index contributed by atoms with van der Waals surface area (Å²) in [5.41, 5.74) is -0.245. The Hall–Kier alpha value is 0.431. The highest BCUT2D eigenvalue weighted by Crippen LogP contribution is 2.60. The van der Waals surface area contributed by atoms with Crippen LogP contribution in [0.1, 0.15) is 111 Å². The van der Waals surface area contributed by atoms with Crippen LogP contribution >= 0.6 is 0 Å². The second-order valence-electron chi connectivity index (χ2n) is 13.6. The largest absolute Gasteiger partial charge is 0.419 e. The molecule has 0 aliphatic carbocycles. The van der Waals surface area contributed by atoms with Gasteiger partial charge >= 0.3 is 17.2 Å². The van der Waals surface area contributed by atoms with Crippen LogP contribution in [0, 0.1) is 0 Å². The molecule has 0 atom stereocenters. The molecule has 0 aromatic rings. The molecule has 0 fully saturated rings. The van der Waals surface area contributed by atoms with E-state index in [1.165, 1.54) is 0 Å². The number of halogens is 2. The molecule has 0 aromatic heterocycles. The number of rotatable bonds is 6. The first-order valence-electron chi connectivity index (χ1n) is 11.2. The van der Waals surface area contributed by atoms with Gasteiger partial charge in [0, 0.05) is 10.1 Å². The molecule has 2 nitrogen and oxygen atoms in total. The molecule has 0 bridgehead atoms. The van der Waals surface area contributed by atoms with Crippen LogP contribution in [0.25, 0.3) is 0 Å². The average molecular weight is 468 g/mol. The van der Waals surface area contributed by atoms with Gasteiger partial charge in [0.1, 0.15) is 0 Å². The van der Waals surface area contributed by atoms with Crippen molar-refractivity contribution in [2.24, 2.45) is 0 Å². The van der Waals surface area contributed by atoms with Crippen molar-refractivity contribution < 1.29 is 12.3 Å². The minimum Gasteiger partial charge on any atom is -0.419 e. The highest BCUT2D eigenvalue weighted by Gasteiger charge is 2.69. The second kappa shape index (κ2) is 8.41. The molecule has 176 valence electrons. The normalized spacial score (nSPS) is 16.1. The maximum absolute atomic E-state index is 17.1. The maximum Gasteiger partial charge on any atom is 0.385 e. The lowest BCUT2D eigenvalue weighted by atomic mass is 10.2. The van der Waals surface area contributed by atoms with Crippen LogP contribution in [0.3, 0.4) is 0 Å². The molecule has 0 unspecified atom stereocenters.